The lowest BCUT2D eigenvalue weighted by Gasteiger charge is -2.21. The molecule has 2 N–H and O–H groups in total. The maximum absolute atomic E-state index is 5.52. The third kappa shape index (κ3) is 2.92. The van der Waals surface area contributed by atoms with Gasteiger partial charge in [0.1, 0.15) is 11.6 Å². The van der Waals surface area contributed by atoms with E-state index in [1.165, 1.54) is 25.7 Å². The molecule has 4 heteroatoms. The van der Waals surface area contributed by atoms with Gasteiger partial charge in [0, 0.05) is 25.7 Å². The van der Waals surface area contributed by atoms with E-state index in [1.54, 1.807) is 0 Å². The van der Waals surface area contributed by atoms with Crippen LogP contribution in [0.3, 0.4) is 0 Å². The summed E-state index contributed by atoms with van der Waals surface area (Å²) < 4.78 is 0. The van der Waals surface area contributed by atoms with Crippen LogP contribution in [0.5, 0.6) is 0 Å². The average molecular weight is 220 g/mol. The molecule has 1 aromatic rings. The summed E-state index contributed by atoms with van der Waals surface area (Å²) in [7, 11) is 0. The molecular formula is C12H20N4. The van der Waals surface area contributed by atoms with Crippen molar-refractivity contribution in [2.75, 3.05) is 24.5 Å². The predicted molar refractivity (Wildman–Crippen MR) is 65.5 cm³/mol. The van der Waals surface area contributed by atoms with Gasteiger partial charge in [-0.25, -0.2) is 9.97 Å². The molecule has 1 aliphatic rings. The Morgan fingerprint density at radius 3 is 2.62 bits per heavy atom. The van der Waals surface area contributed by atoms with Crippen molar-refractivity contribution < 1.29 is 0 Å². The highest BCUT2D eigenvalue weighted by atomic mass is 15.2. The van der Waals surface area contributed by atoms with Gasteiger partial charge in [0.05, 0.1) is 0 Å². The zero-order valence-corrected chi connectivity index (χ0v) is 9.73. The van der Waals surface area contributed by atoms with Gasteiger partial charge >= 0.3 is 0 Å². The second-order valence-corrected chi connectivity index (χ2v) is 4.27. The van der Waals surface area contributed by atoms with E-state index in [2.05, 4.69) is 14.9 Å². The lowest BCUT2D eigenvalue weighted by Crippen LogP contribution is -2.25. The highest BCUT2D eigenvalue weighted by molar-refractivity contribution is 5.37. The molecule has 2 rings (SSSR count). The summed E-state index contributed by atoms with van der Waals surface area (Å²) in [6.45, 7) is 2.86. The summed E-state index contributed by atoms with van der Waals surface area (Å²) in [5.41, 5.74) is 5.52. The van der Waals surface area contributed by atoms with Gasteiger partial charge in [-0.05, 0) is 25.5 Å². The summed E-state index contributed by atoms with van der Waals surface area (Å²) in [4.78, 5) is 11.2. The smallest absolute Gasteiger partial charge is 0.132 e. The normalized spacial score (nSPS) is 17.2. The Morgan fingerprint density at radius 1 is 1.19 bits per heavy atom. The molecule has 0 unspecified atom stereocenters. The summed E-state index contributed by atoms with van der Waals surface area (Å²) >= 11 is 0. The molecular weight excluding hydrogens is 200 g/mol. The van der Waals surface area contributed by atoms with Gasteiger partial charge in [-0.15, -0.1) is 0 Å². The van der Waals surface area contributed by atoms with Crippen molar-refractivity contribution >= 4 is 5.82 Å². The molecule has 0 atom stereocenters. The van der Waals surface area contributed by atoms with Crippen LogP contribution in [0.25, 0.3) is 0 Å². The average Bonchev–Trinajstić information content (AvgIpc) is 2.58. The molecule has 0 bridgehead atoms. The topological polar surface area (TPSA) is 55.0 Å². The van der Waals surface area contributed by atoms with Crippen LogP contribution in [0.1, 0.15) is 31.5 Å². The largest absolute Gasteiger partial charge is 0.357 e. The van der Waals surface area contributed by atoms with Gasteiger partial charge in [-0.1, -0.05) is 12.8 Å². The van der Waals surface area contributed by atoms with Crippen molar-refractivity contribution in [3.63, 3.8) is 0 Å². The predicted octanol–water partition coefficient (Wildman–Crippen LogP) is 1.36. The van der Waals surface area contributed by atoms with Crippen molar-refractivity contribution in [2.45, 2.75) is 32.1 Å². The minimum absolute atomic E-state index is 0.615. The third-order valence-corrected chi connectivity index (χ3v) is 2.99. The number of aromatic nitrogens is 2. The van der Waals surface area contributed by atoms with Crippen LogP contribution < -0.4 is 10.6 Å². The standard InChI is InChI=1S/C12H20N4/c13-7-5-11-14-8-6-12(15-11)16-9-3-1-2-4-10-16/h6,8H,1-5,7,9-10,13H2. The van der Waals surface area contributed by atoms with Crippen molar-refractivity contribution in [1.82, 2.24) is 9.97 Å². The molecule has 0 radical (unpaired) electrons. The minimum atomic E-state index is 0.615. The van der Waals surface area contributed by atoms with E-state index in [1.807, 2.05) is 12.3 Å². The van der Waals surface area contributed by atoms with Gasteiger partial charge in [0.2, 0.25) is 0 Å². The molecule has 4 nitrogen and oxygen atoms in total. The molecule has 2 heterocycles. The van der Waals surface area contributed by atoms with Gasteiger partial charge in [-0.2, -0.15) is 0 Å². The summed E-state index contributed by atoms with van der Waals surface area (Å²) in [6, 6.07) is 2.01. The Balaban J connectivity index is 2.08. The van der Waals surface area contributed by atoms with E-state index in [4.69, 9.17) is 5.73 Å². The zero-order valence-electron chi connectivity index (χ0n) is 9.73. The number of anilines is 1. The molecule has 88 valence electrons. The maximum atomic E-state index is 5.52. The van der Waals surface area contributed by atoms with Crippen molar-refractivity contribution in [3.05, 3.63) is 18.1 Å². The summed E-state index contributed by atoms with van der Waals surface area (Å²) in [5.74, 6) is 1.93. The number of nitrogens with zero attached hydrogens (tertiary/aromatic N) is 3. The molecule has 0 saturated carbocycles. The fraction of sp³-hybridized carbons (Fsp3) is 0.667. The number of hydrogen-bond donors (Lipinski definition) is 1. The third-order valence-electron chi connectivity index (χ3n) is 2.99. The van der Waals surface area contributed by atoms with Crippen LogP contribution in [0.2, 0.25) is 0 Å². The molecule has 0 spiro atoms. The Morgan fingerprint density at radius 2 is 1.94 bits per heavy atom. The quantitative estimate of drug-likeness (QED) is 0.835. The van der Waals surface area contributed by atoms with Crippen LogP contribution in [-0.2, 0) is 6.42 Å². The Labute approximate surface area is 96.9 Å². The number of nitrogens with two attached hydrogens (primary N) is 1. The van der Waals surface area contributed by atoms with Gasteiger partial charge in [-0.3, -0.25) is 0 Å². The Hall–Kier alpha value is -1.16. The fourth-order valence-electron chi connectivity index (χ4n) is 2.11. The first-order chi connectivity index (χ1) is 7.90. The molecule has 1 saturated heterocycles. The van der Waals surface area contributed by atoms with Crippen LogP contribution in [0, 0.1) is 0 Å². The molecule has 1 fully saturated rings. The highest BCUT2D eigenvalue weighted by Crippen LogP contribution is 2.16. The summed E-state index contributed by atoms with van der Waals surface area (Å²) in [6.07, 6.45) is 7.85. The minimum Gasteiger partial charge on any atom is -0.357 e. The second-order valence-electron chi connectivity index (χ2n) is 4.27. The van der Waals surface area contributed by atoms with E-state index >= 15 is 0 Å². The lowest BCUT2D eigenvalue weighted by atomic mass is 10.2. The first-order valence-electron chi connectivity index (χ1n) is 6.17. The first-order valence-corrected chi connectivity index (χ1v) is 6.17. The van der Waals surface area contributed by atoms with Crippen molar-refractivity contribution in [1.29, 1.82) is 0 Å². The van der Waals surface area contributed by atoms with E-state index in [-0.39, 0.29) is 0 Å². The Kier molecular flexibility index (Phi) is 4.10. The van der Waals surface area contributed by atoms with Crippen LogP contribution in [0.15, 0.2) is 12.3 Å². The fourth-order valence-corrected chi connectivity index (χ4v) is 2.11. The van der Waals surface area contributed by atoms with Crippen molar-refractivity contribution in [2.24, 2.45) is 5.73 Å². The zero-order chi connectivity index (χ0) is 11.2. The van der Waals surface area contributed by atoms with Gasteiger partial charge in [0.25, 0.3) is 0 Å². The van der Waals surface area contributed by atoms with Crippen LogP contribution in [0.4, 0.5) is 5.82 Å². The molecule has 0 aliphatic carbocycles. The van der Waals surface area contributed by atoms with E-state index in [0.717, 1.165) is 31.2 Å². The molecule has 1 aliphatic heterocycles. The Bertz CT molecular complexity index is 319. The molecule has 16 heavy (non-hydrogen) atoms. The molecule has 0 aromatic carbocycles. The van der Waals surface area contributed by atoms with Crippen LogP contribution in [-0.4, -0.2) is 29.6 Å². The maximum Gasteiger partial charge on any atom is 0.132 e. The van der Waals surface area contributed by atoms with Crippen LogP contribution >= 0.6 is 0 Å². The molecule has 0 amide bonds. The summed E-state index contributed by atoms with van der Waals surface area (Å²) in [5, 5.41) is 0. The van der Waals surface area contributed by atoms with Gasteiger partial charge < -0.3 is 10.6 Å². The number of hydrogen-bond acceptors (Lipinski definition) is 4. The van der Waals surface area contributed by atoms with E-state index in [0.29, 0.717) is 6.54 Å². The number of rotatable bonds is 3. The highest BCUT2D eigenvalue weighted by Gasteiger charge is 2.11. The van der Waals surface area contributed by atoms with Crippen molar-refractivity contribution in [3.8, 4) is 0 Å². The second kappa shape index (κ2) is 5.80. The molecule has 1 aromatic heterocycles. The van der Waals surface area contributed by atoms with Gasteiger partial charge in [0.15, 0.2) is 0 Å². The monoisotopic (exact) mass is 220 g/mol. The van der Waals surface area contributed by atoms with E-state index in [9.17, 15) is 0 Å². The first kappa shape index (κ1) is 11.3. The van der Waals surface area contributed by atoms with E-state index < -0.39 is 0 Å². The SMILES string of the molecule is NCCc1nccc(N2CCCCCC2)n1. The lowest BCUT2D eigenvalue weighted by molar-refractivity contribution is 0.726.